The first-order valence-electron chi connectivity index (χ1n) is 6.60. The van der Waals surface area contributed by atoms with Crippen LogP contribution in [0.3, 0.4) is 0 Å². The monoisotopic (exact) mass is 272 g/mol. The lowest BCUT2D eigenvalue weighted by Gasteiger charge is -2.28. The van der Waals surface area contributed by atoms with Crippen molar-refractivity contribution in [1.29, 1.82) is 0 Å². The molecule has 6 nitrogen and oxygen atoms in total. The van der Waals surface area contributed by atoms with Crippen LogP contribution >= 0.6 is 0 Å². The van der Waals surface area contributed by atoms with Crippen LogP contribution in [0.5, 0.6) is 0 Å². The second-order valence-electron chi connectivity index (χ2n) is 5.09. The van der Waals surface area contributed by atoms with Gasteiger partial charge in [0.25, 0.3) is 5.56 Å². The van der Waals surface area contributed by atoms with E-state index in [-0.39, 0.29) is 18.0 Å². The van der Waals surface area contributed by atoms with Gasteiger partial charge in [-0.15, -0.1) is 0 Å². The first-order valence-corrected chi connectivity index (χ1v) is 6.60. The van der Waals surface area contributed by atoms with E-state index in [1.807, 2.05) is 19.2 Å². The average molecular weight is 272 g/mol. The maximum Gasteiger partial charge on any atom is 0.253 e. The minimum absolute atomic E-state index is 0.0120. The molecule has 2 aromatic rings. The molecule has 0 aliphatic carbocycles. The minimum Gasteiger partial charge on any atom is -0.336 e. The fraction of sp³-hybridized carbons (Fsp3) is 0.357. The molecule has 3 rings (SSSR count). The predicted octanol–water partition coefficient (Wildman–Crippen LogP) is 0.465. The van der Waals surface area contributed by atoms with Crippen molar-refractivity contribution < 1.29 is 4.79 Å². The van der Waals surface area contributed by atoms with E-state index >= 15 is 0 Å². The van der Waals surface area contributed by atoms with Gasteiger partial charge in [-0.25, -0.2) is 0 Å². The van der Waals surface area contributed by atoms with Crippen LogP contribution in [0, 0.1) is 6.92 Å². The maximum atomic E-state index is 12.3. The number of fused-ring (bicyclic) bond motifs is 1. The van der Waals surface area contributed by atoms with Crippen LogP contribution in [0.4, 0.5) is 0 Å². The zero-order chi connectivity index (χ0) is 14.1. The summed E-state index contributed by atoms with van der Waals surface area (Å²) in [6, 6.07) is 1.91. The predicted molar refractivity (Wildman–Crippen MR) is 73.1 cm³/mol. The Bertz CT molecular complexity index is 701. The molecule has 0 aromatic carbocycles. The van der Waals surface area contributed by atoms with Crippen LogP contribution in [-0.4, -0.2) is 32.1 Å². The number of aromatic nitrogens is 3. The van der Waals surface area contributed by atoms with Crippen molar-refractivity contribution in [3.63, 3.8) is 0 Å². The Balaban J connectivity index is 1.75. The van der Waals surface area contributed by atoms with E-state index in [0.717, 1.165) is 17.5 Å². The van der Waals surface area contributed by atoms with Gasteiger partial charge in [0.2, 0.25) is 5.91 Å². The van der Waals surface area contributed by atoms with Crippen LogP contribution in [0.25, 0.3) is 0 Å². The highest BCUT2D eigenvalue weighted by Gasteiger charge is 2.22. The van der Waals surface area contributed by atoms with E-state index in [9.17, 15) is 9.59 Å². The topological polar surface area (TPSA) is 71.0 Å². The number of nitrogens with zero attached hydrogens (tertiary/aromatic N) is 3. The van der Waals surface area contributed by atoms with Gasteiger partial charge in [-0.3, -0.25) is 14.3 Å². The Labute approximate surface area is 116 Å². The third-order valence-corrected chi connectivity index (χ3v) is 3.57. The number of aryl methyl sites for hydroxylation is 1. The standard InChI is InChI=1S/C14H16N4O2/c1-10-6-16-18(7-10)9-13(19)17-5-3-11-2-4-15-14(20)12(11)8-17/h2,4,6-7H,3,5,8-9H2,1H3,(H,15,20). The van der Waals surface area contributed by atoms with Crippen LogP contribution in [0.2, 0.25) is 0 Å². The first-order chi connectivity index (χ1) is 9.63. The van der Waals surface area contributed by atoms with Gasteiger partial charge >= 0.3 is 0 Å². The van der Waals surface area contributed by atoms with Gasteiger partial charge in [-0.05, 0) is 30.5 Å². The summed E-state index contributed by atoms with van der Waals surface area (Å²) >= 11 is 0. The summed E-state index contributed by atoms with van der Waals surface area (Å²) in [6.07, 6.45) is 5.94. The highest BCUT2D eigenvalue weighted by molar-refractivity contribution is 5.76. The molecule has 1 aliphatic rings. The Hall–Kier alpha value is -2.37. The number of hydrogen-bond donors (Lipinski definition) is 1. The number of H-pyrrole nitrogens is 1. The summed E-state index contributed by atoms with van der Waals surface area (Å²) in [4.78, 5) is 28.4. The van der Waals surface area contributed by atoms with Gasteiger partial charge < -0.3 is 9.88 Å². The Morgan fingerprint density at radius 2 is 2.35 bits per heavy atom. The minimum atomic E-state index is -0.102. The lowest BCUT2D eigenvalue weighted by Crippen LogP contribution is -2.40. The first kappa shape index (κ1) is 12.7. The van der Waals surface area contributed by atoms with Crippen LogP contribution in [-0.2, 0) is 24.3 Å². The van der Waals surface area contributed by atoms with E-state index in [1.54, 1.807) is 22.0 Å². The van der Waals surface area contributed by atoms with E-state index in [1.165, 1.54) is 0 Å². The van der Waals surface area contributed by atoms with Crippen LogP contribution in [0.15, 0.2) is 29.5 Å². The molecule has 0 radical (unpaired) electrons. The number of rotatable bonds is 2. The summed E-state index contributed by atoms with van der Waals surface area (Å²) in [5, 5.41) is 4.11. The maximum absolute atomic E-state index is 12.3. The molecule has 0 fully saturated rings. The van der Waals surface area contributed by atoms with Crippen LogP contribution in [0.1, 0.15) is 16.7 Å². The largest absolute Gasteiger partial charge is 0.336 e. The normalized spacial score (nSPS) is 14.2. The third kappa shape index (κ3) is 2.36. The SMILES string of the molecule is Cc1cnn(CC(=O)N2CCc3cc[nH]c(=O)c3C2)c1. The van der Waals surface area contributed by atoms with Crippen molar-refractivity contribution in [3.8, 4) is 0 Å². The lowest BCUT2D eigenvalue weighted by molar-refractivity contribution is -0.133. The van der Waals surface area contributed by atoms with E-state index in [2.05, 4.69) is 10.1 Å². The molecule has 20 heavy (non-hydrogen) atoms. The van der Waals surface area contributed by atoms with Gasteiger partial charge in [0.05, 0.1) is 12.7 Å². The zero-order valence-electron chi connectivity index (χ0n) is 11.3. The molecule has 0 spiro atoms. The van der Waals surface area contributed by atoms with Gasteiger partial charge in [0, 0.05) is 24.5 Å². The molecule has 0 saturated heterocycles. The molecule has 1 N–H and O–H groups in total. The molecule has 3 heterocycles. The zero-order valence-corrected chi connectivity index (χ0v) is 11.3. The molecule has 6 heteroatoms. The van der Waals surface area contributed by atoms with Crippen molar-refractivity contribution in [2.45, 2.75) is 26.4 Å². The molecule has 0 unspecified atom stereocenters. The lowest BCUT2D eigenvalue weighted by atomic mass is 10.0. The second kappa shape index (κ2) is 4.96. The van der Waals surface area contributed by atoms with E-state index < -0.39 is 0 Å². The fourth-order valence-electron chi connectivity index (χ4n) is 2.49. The molecule has 0 bridgehead atoms. The van der Waals surface area contributed by atoms with E-state index in [0.29, 0.717) is 18.7 Å². The summed E-state index contributed by atoms with van der Waals surface area (Å²) in [5.74, 6) is -0.0120. The molecule has 0 atom stereocenters. The molecular weight excluding hydrogens is 256 g/mol. The van der Waals surface area contributed by atoms with Crippen LogP contribution < -0.4 is 5.56 Å². The van der Waals surface area contributed by atoms with Gasteiger partial charge in [0.1, 0.15) is 6.54 Å². The molecule has 2 aromatic heterocycles. The molecular formula is C14H16N4O2. The van der Waals surface area contributed by atoms with E-state index in [4.69, 9.17) is 0 Å². The molecule has 1 amide bonds. The smallest absolute Gasteiger partial charge is 0.253 e. The Morgan fingerprint density at radius 3 is 3.10 bits per heavy atom. The average Bonchev–Trinajstić information content (AvgIpc) is 2.84. The highest BCUT2D eigenvalue weighted by Crippen LogP contribution is 2.15. The number of carbonyl (C=O) groups is 1. The summed E-state index contributed by atoms with van der Waals surface area (Å²) < 4.78 is 1.63. The van der Waals surface area contributed by atoms with Crippen molar-refractivity contribution in [2.75, 3.05) is 6.54 Å². The van der Waals surface area contributed by atoms with Gasteiger partial charge in [-0.2, -0.15) is 5.10 Å². The summed E-state index contributed by atoms with van der Waals surface area (Å²) in [6.45, 7) is 3.18. The van der Waals surface area contributed by atoms with Gasteiger partial charge in [-0.1, -0.05) is 0 Å². The van der Waals surface area contributed by atoms with Crippen molar-refractivity contribution in [1.82, 2.24) is 19.7 Å². The fourth-order valence-corrected chi connectivity index (χ4v) is 2.49. The molecule has 0 saturated carbocycles. The molecule has 1 aliphatic heterocycles. The van der Waals surface area contributed by atoms with Crippen molar-refractivity contribution in [2.24, 2.45) is 0 Å². The van der Waals surface area contributed by atoms with Crippen molar-refractivity contribution in [3.05, 3.63) is 51.7 Å². The second-order valence-corrected chi connectivity index (χ2v) is 5.09. The Kier molecular flexibility index (Phi) is 3.14. The van der Waals surface area contributed by atoms with Gasteiger partial charge in [0.15, 0.2) is 0 Å². The number of pyridine rings is 1. The number of amides is 1. The summed E-state index contributed by atoms with van der Waals surface area (Å²) in [5.41, 5.74) is 2.66. The number of hydrogen-bond acceptors (Lipinski definition) is 3. The highest BCUT2D eigenvalue weighted by atomic mass is 16.2. The number of aromatic amines is 1. The summed E-state index contributed by atoms with van der Waals surface area (Å²) in [7, 11) is 0. The number of nitrogens with one attached hydrogen (secondary N) is 1. The molecule has 104 valence electrons. The number of carbonyl (C=O) groups excluding carboxylic acids is 1. The third-order valence-electron chi connectivity index (χ3n) is 3.57. The Morgan fingerprint density at radius 1 is 1.50 bits per heavy atom. The quantitative estimate of drug-likeness (QED) is 0.863. The van der Waals surface area contributed by atoms with Crippen molar-refractivity contribution >= 4 is 5.91 Å².